The summed E-state index contributed by atoms with van der Waals surface area (Å²) in [6, 6.07) is 0. The van der Waals surface area contributed by atoms with Gasteiger partial charge in [-0.25, -0.2) is 0 Å². The highest BCUT2D eigenvalue weighted by molar-refractivity contribution is 5.80. The number of hydrogen-bond acceptors (Lipinski definition) is 2. The number of likely N-dealkylation sites (tertiary alicyclic amines) is 1. The van der Waals surface area contributed by atoms with Crippen LogP contribution in [0, 0.1) is 5.92 Å². The summed E-state index contributed by atoms with van der Waals surface area (Å²) in [7, 11) is 0. The smallest absolute Gasteiger partial charge is 0.135 e. The Labute approximate surface area is 116 Å². The van der Waals surface area contributed by atoms with E-state index in [1.165, 1.54) is 0 Å². The third-order valence-electron chi connectivity index (χ3n) is 2.84. The molecule has 1 aliphatic heterocycles. The summed E-state index contributed by atoms with van der Waals surface area (Å²) in [6.07, 6.45) is 2.89. The van der Waals surface area contributed by atoms with E-state index in [-0.39, 0.29) is 0 Å². The molecule has 0 atom stereocenters. The summed E-state index contributed by atoms with van der Waals surface area (Å²) < 4.78 is 0. The highest BCUT2D eigenvalue weighted by atomic mass is 16.1. The van der Waals surface area contributed by atoms with Gasteiger partial charge in [0.25, 0.3) is 0 Å². The predicted molar refractivity (Wildman–Crippen MR) is 84.2 cm³/mol. The third-order valence-corrected chi connectivity index (χ3v) is 2.84. The van der Waals surface area contributed by atoms with Crippen LogP contribution >= 0.6 is 0 Å². The third kappa shape index (κ3) is 10.8. The Balaban J connectivity index is -0.000000328. The molecule has 1 rings (SSSR count). The van der Waals surface area contributed by atoms with Gasteiger partial charge in [-0.2, -0.15) is 0 Å². The zero-order valence-corrected chi connectivity index (χ0v) is 14.2. The Morgan fingerprint density at radius 2 is 1.33 bits per heavy atom. The summed E-state index contributed by atoms with van der Waals surface area (Å²) in [6.45, 7) is 19.5. The van der Waals surface area contributed by atoms with E-state index in [1.54, 1.807) is 0 Å². The summed E-state index contributed by atoms with van der Waals surface area (Å²) in [4.78, 5) is 13.8. The zero-order chi connectivity index (χ0) is 15.0. The predicted octanol–water partition coefficient (Wildman–Crippen LogP) is 4.78. The van der Waals surface area contributed by atoms with Gasteiger partial charge in [-0.1, -0.05) is 55.4 Å². The van der Waals surface area contributed by atoms with Crippen LogP contribution < -0.4 is 0 Å². The van der Waals surface area contributed by atoms with Gasteiger partial charge >= 0.3 is 0 Å². The summed E-state index contributed by atoms with van der Waals surface area (Å²) in [5.74, 6) is 0.837. The molecule has 1 heterocycles. The van der Waals surface area contributed by atoms with Crippen LogP contribution in [0.4, 0.5) is 0 Å². The monoisotopic (exact) mass is 259 g/mol. The first kappa shape index (κ1) is 22.8. The lowest BCUT2D eigenvalue weighted by Gasteiger charge is -2.29. The molecule has 0 aromatic heterocycles. The van der Waals surface area contributed by atoms with Crippen molar-refractivity contribution >= 4 is 5.78 Å². The molecule has 18 heavy (non-hydrogen) atoms. The Kier molecular flexibility index (Phi) is 24.0. The van der Waals surface area contributed by atoms with Gasteiger partial charge in [-0.15, -0.1) is 0 Å². The van der Waals surface area contributed by atoms with Crippen molar-refractivity contribution in [2.45, 2.75) is 74.7 Å². The number of ketones is 1. The van der Waals surface area contributed by atoms with Crippen molar-refractivity contribution in [2.75, 3.05) is 19.6 Å². The van der Waals surface area contributed by atoms with Gasteiger partial charge < -0.3 is 4.90 Å². The molecule has 0 radical (unpaired) electrons. The van der Waals surface area contributed by atoms with Crippen molar-refractivity contribution in [3.05, 3.63) is 0 Å². The van der Waals surface area contributed by atoms with Gasteiger partial charge in [0.05, 0.1) is 0 Å². The number of piperidine rings is 1. The molecule has 2 nitrogen and oxygen atoms in total. The average Bonchev–Trinajstić information content (AvgIpc) is 2.52. The van der Waals surface area contributed by atoms with E-state index >= 15 is 0 Å². The van der Waals surface area contributed by atoms with E-state index in [2.05, 4.69) is 11.8 Å². The minimum atomic E-state index is 0.373. The number of carbonyl (C=O) groups excluding carboxylic acids is 1. The molecule has 0 spiro atoms. The lowest BCUT2D eigenvalue weighted by Crippen LogP contribution is -2.35. The van der Waals surface area contributed by atoms with E-state index < -0.39 is 0 Å². The first-order chi connectivity index (χ1) is 8.77. The number of Topliss-reactive ketones (excluding diaryl/α,β-unsaturated/α-hetero) is 1. The van der Waals surface area contributed by atoms with E-state index in [0.29, 0.717) is 11.7 Å². The normalized spacial score (nSPS) is 15.1. The van der Waals surface area contributed by atoms with Gasteiger partial charge in [-0.05, 0) is 32.5 Å². The maximum Gasteiger partial charge on any atom is 0.135 e. The van der Waals surface area contributed by atoms with Crippen LogP contribution in [-0.4, -0.2) is 30.3 Å². The fourth-order valence-corrected chi connectivity index (χ4v) is 1.86. The Morgan fingerprint density at radius 3 is 1.61 bits per heavy atom. The van der Waals surface area contributed by atoms with Crippen molar-refractivity contribution in [1.29, 1.82) is 0 Å². The molecule has 0 aromatic carbocycles. The quantitative estimate of drug-likeness (QED) is 0.727. The zero-order valence-electron chi connectivity index (χ0n) is 14.2. The van der Waals surface area contributed by atoms with Crippen LogP contribution in [0.3, 0.4) is 0 Å². The molecule has 0 unspecified atom stereocenters. The summed E-state index contributed by atoms with van der Waals surface area (Å²) in [5.41, 5.74) is 0. The second-order valence-electron chi connectivity index (χ2n) is 3.53. The molecular weight excluding hydrogens is 222 g/mol. The van der Waals surface area contributed by atoms with Crippen molar-refractivity contribution in [3.63, 3.8) is 0 Å². The van der Waals surface area contributed by atoms with Gasteiger partial charge in [-0.3, -0.25) is 4.79 Å². The largest absolute Gasteiger partial charge is 0.304 e. The molecular formula is C16H37NO. The van der Waals surface area contributed by atoms with Crippen molar-refractivity contribution in [1.82, 2.24) is 4.90 Å². The van der Waals surface area contributed by atoms with Crippen LogP contribution in [0.2, 0.25) is 0 Å². The lowest BCUT2D eigenvalue weighted by atomic mass is 9.91. The number of nitrogens with zero attached hydrogens (tertiary/aromatic N) is 1. The molecule has 1 aliphatic rings. The molecule has 2 heteroatoms. The van der Waals surface area contributed by atoms with E-state index in [4.69, 9.17) is 0 Å². The first-order valence-corrected chi connectivity index (χ1v) is 8.03. The molecule has 0 amide bonds. The fourth-order valence-electron chi connectivity index (χ4n) is 1.86. The summed E-state index contributed by atoms with van der Waals surface area (Å²) >= 11 is 0. The second-order valence-corrected chi connectivity index (χ2v) is 3.53. The highest BCUT2D eigenvalue weighted by Crippen LogP contribution is 2.18. The Morgan fingerprint density at radius 1 is 0.944 bits per heavy atom. The number of hydrogen-bond donors (Lipinski definition) is 0. The molecule has 1 saturated heterocycles. The van der Waals surface area contributed by atoms with Crippen molar-refractivity contribution in [2.24, 2.45) is 5.92 Å². The van der Waals surface area contributed by atoms with Crippen LogP contribution in [0.15, 0.2) is 0 Å². The molecule has 0 saturated carbocycles. The Bertz CT molecular complexity index is 149. The molecule has 0 aliphatic carbocycles. The molecule has 1 fully saturated rings. The van der Waals surface area contributed by atoms with Crippen molar-refractivity contribution < 1.29 is 4.79 Å². The standard InChI is InChI=1S/C10H19NO.3C2H6/c1-3-10(12)9-5-7-11(4-2)8-6-9;3*1-2/h9H,3-8H2,1-2H3;3*1-2H3. The van der Waals surface area contributed by atoms with Crippen LogP contribution in [0.5, 0.6) is 0 Å². The van der Waals surface area contributed by atoms with Gasteiger partial charge in [0.1, 0.15) is 5.78 Å². The topological polar surface area (TPSA) is 20.3 Å². The van der Waals surface area contributed by atoms with Gasteiger partial charge in [0.2, 0.25) is 0 Å². The van der Waals surface area contributed by atoms with E-state index in [0.717, 1.165) is 38.9 Å². The maximum atomic E-state index is 11.3. The molecule has 0 aromatic rings. The van der Waals surface area contributed by atoms with Crippen molar-refractivity contribution in [3.8, 4) is 0 Å². The second kappa shape index (κ2) is 19.0. The highest BCUT2D eigenvalue weighted by Gasteiger charge is 2.22. The number of carbonyl (C=O) groups is 1. The minimum Gasteiger partial charge on any atom is -0.304 e. The average molecular weight is 259 g/mol. The SMILES string of the molecule is CC.CC.CC.CCC(=O)C1CCN(CC)CC1. The van der Waals surface area contributed by atoms with Gasteiger partial charge in [0, 0.05) is 12.3 Å². The fraction of sp³-hybridized carbons (Fsp3) is 0.938. The molecule has 0 N–H and O–H groups in total. The van der Waals surface area contributed by atoms with Crippen LogP contribution in [0.1, 0.15) is 74.7 Å². The molecule has 0 bridgehead atoms. The first-order valence-electron chi connectivity index (χ1n) is 8.03. The van der Waals surface area contributed by atoms with Crippen LogP contribution in [0.25, 0.3) is 0 Å². The van der Waals surface area contributed by atoms with Crippen LogP contribution in [-0.2, 0) is 4.79 Å². The minimum absolute atomic E-state index is 0.373. The maximum absolute atomic E-state index is 11.3. The van der Waals surface area contributed by atoms with E-state index in [9.17, 15) is 4.79 Å². The summed E-state index contributed by atoms with van der Waals surface area (Å²) in [5, 5.41) is 0. The number of rotatable bonds is 3. The molecule has 112 valence electrons. The van der Waals surface area contributed by atoms with Gasteiger partial charge in [0.15, 0.2) is 0 Å². The Hall–Kier alpha value is -0.370. The lowest BCUT2D eigenvalue weighted by molar-refractivity contribution is -0.123. The van der Waals surface area contributed by atoms with E-state index in [1.807, 2.05) is 48.5 Å².